The molecule has 12 aromatic rings. The SMILES string of the molecule is Cc1c2c3c(cccc3c3cc(N(c4ccccc4)c4ccc5oc6ccccc6c5c4)ccc13)Sc1cc(-c3ccc(N(c4ccccc4)c4ccccc4)c4ccccc34)ccc1-2. The lowest BCUT2D eigenvalue weighted by atomic mass is 9.87. The minimum Gasteiger partial charge on any atom is -0.456 e. The molecule has 0 unspecified atom stereocenters. The first-order valence-electron chi connectivity index (χ1n) is 22.2. The van der Waals surface area contributed by atoms with E-state index in [9.17, 15) is 0 Å². The molecule has 3 nitrogen and oxygen atoms in total. The van der Waals surface area contributed by atoms with Gasteiger partial charge in [0, 0.05) is 59.8 Å². The Morgan fingerprint density at radius 1 is 0.354 bits per heavy atom. The molecule has 306 valence electrons. The molecule has 0 fully saturated rings. The van der Waals surface area contributed by atoms with Crippen molar-refractivity contribution in [2.24, 2.45) is 0 Å². The molecule has 1 aliphatic rings. The van der Waals surface area contributed by atoms with Crippen LogP contribution in [0, 0.1) is 6.92 Å². The zero-order chi connectivity index (χ0) is 43.0. The highest BCUT2D eigenvalue weighted by Gasteiger charge is 2.26. The highest BCUT2D eigenvalue weighted by molar-refractivity contribution is 7.99. The van der Waals surface area contributed by atoms with Gasteiger partial charge < -0.3 is 14.2 Å². The summed E-state index contributed by atoms with van der Waals surface area (Å²) in [6.07, 6.45) is 0. The van der Waals surface area contributed by atoms with Crippen molar-refractivity contribution in [1.82, 2.24) is 0 Å². The maximum absolute atomic E-state index is 6.24. The van der Waals surface area contributed by atoms with Gasteiger partial charge in [-0.2, -0.15) is 0 Å². The van der Waals surface area contributed by atoms with Crippen LogP contribution in [0.5, 0.6) is 0 Å². The van der Waals surface area contributed by atoms with Crippen LogP contribution in [0.3, 0.4) is 0 Å². The summed E-state index contributed by atoms with van der Waals surface area (Å²) in [4.78, 5) is 7.30. The summed E-state index contributed by atoms with van der Waals surface area (Å²) < 4.78 is 6.24. The van der Waals surface area contributed by atoms with E-state index in [1.54, 1.807) is 0 Å². The Bertz CT molecular complexity index is 3780. The summed E-state index contributed by atoms with van der Waals surface area (Å²) >= 11 is 1.89. The van der Waals surface area contributed by atoms with Crippen molar-refractivity contribution in [2.75, 3.05) is 9.80 Å². The van der Waals surface area contributed by atoms with E-state index in [1.807, 2.05) is 23.9 Å². The molecule has 1 aliphatic heterocycles. The fraction of sp³-hybridized carbons (Fsp3) is 0.0164. The standard InChI is InChI=1S/C61H40N2OS/c1-39-46-32-29-44(62(41-16-5-2-6-17-41)45-30-35-57-54(38-45)50-24-13-14-26-56(50)64-57)37-53(46)51-25-15-27-58-61(51)60(39)52-31-28-40(36-59(52)65-58)47-33-34-55(49-23-12-11-22-48(47)49)63(42-18-7-3-8-19-42)43-20-9-4-10-21-43/h2-38H,1H3. The van der Waals surface area contributed by atoms with E-state index in [0.29, 0.717) is 0 Å². The molecule has 0 aliphatic carbocycles. The van der Waals surface area contributed by atoms with Gasteiger partial charge >= 0.3 is 0 Å². The third kappa shape index (κ3) is 6.06. The Labute approximate surface area is 381 Å². The molecule has 0 bridgehead atoms. The van der Waals surface area contributed by atoms with Crippen LogP contribution in [0.15, 0.2) is 239 Å². The number of rotatable bonds is 7. The van der Waals surface area contributed by atoms with E-state index in [1.165, 1.54) is 69.9 Å². The summed E-state index contributed by atoms with van der Waals surface area (Å²) in [5.41, 5.74) is 14.9. The maximum atomic E-state index is 6.24. The first-order valence-corrected chi connectivity index (χ1v) is 23.0. The van der Waals surface area contributed by atoms with E-state index in [0.717, 1.165) is 56.1 Å². The Kier molecular flexibility index (Phi) is 8.68. The first-order chi connectivity index (χ1) is 32.2. The normalized spacial score (nSPS) is 12.0. The average molecular weight is 849 g/mol. The Balaban J connectivity index is 0.936. The topological polar surface area (TPSA) is 19.6 Å². The van der Waals surface area contributed by atoms with Gasteiger partial charge in [0.25, 0.3) is 0 Å². The molecule has 0 saturated heterocycles. The number of hydrogen-bond donors (Lipinski definition) is 0. The lowest BCUT2D eigenvalue weighted by Gasteiger charge is -2.28. The van der Waals surface area contributed by atoms with Gasteiger partial charge in [-0.3, -0.25) is 0 Å². The van der Waals surface area contributed by atoms with Crippen LogP contribution in [-0.4, -0.2) is 0 Å². The van der Waals surface area contributed by atoms with Crippen LogP contribution in [0.2, 0.25) is 0 Å². The van der Waals surface area contributed by atoms with Crippen LogP contribution >= 0.6 is 11.8 Å². The Morgan fingerprint density at radius 2 is 0.938 bits per heavy atom. The van der Waals surface area contributed by atoms with E-state index in [4.69, 9.17) is 4.42 Å². The lowest BCUT2D eigenvalue weighted by molar-refractivity contribution is 0.669. The fourth-order valence-corrected chi connectivity index (χ4v) is 11.4. The smallest absolute Gasteiger partial charge is 0.135 e. The second kappa shape index (κ2) is 15.0. The van der Waals surface area contributed by atoms with Gasteiger partial charge in [-0.25, -0.2) is 0 Å². The predicted octanol–water partition coefficient (Wildman–Crippen LogP) is 18.1. The summed E-state index contributed by atoms with van der Waals surface area (Å²) in [5, 5.41) is 9.79. The number of fused-ring (bicyclic) bond motifs is 8. The highest BCUT2D eigenvalue weighted by Crippen LogP contribution is 2.53. The van der Waals surface area contributed by atoms with Crippen LogP contribution in [0.1, 0.15) is 5.56 Å². The summed E-state index contributed by atoms with van der Waals surface area (Å²) in [7, 11) is 0. The molecule has 11 aromatic carbocycles. The summed E-state index contributed by atoms with van der Waals surface area (Å²) in [6.45, 7) is 2.31. The first kappa shape index (κ1) is 37.5. The molecule has 0 atom stereocenters. The van der Waals surface area contributed by atoms with Crippen molar-refractivity contribution >= 4 is 100 Å². The van der Waals surface area contributed by atoms with E-state index < -0.39 is 0 Å². The number of para-hydroxylation sites is 4. The van der Waals surface area contributed by atoms with E-state index in [2.05, 4.69) is 229 Å². The van der Waals surface area contributed by atoms with E-state index in [-0.39, 0.29) is 0 Å². The molecule has 4 heteroatoms. The van der Waals surface area contributed by atoms with Crippen LogP contribution in [-0.2, 0) is 0 Å². The number of furan rings is 1. The molecule has 1 aromatic heterocycles. The third-order valence-corrected chi connectivity index (χ3v) is 14.3. The minimum atomic E-state index is 0.891. The van der Waals surface area contributed by atoms with Crippen molar-refractivity contribution in [2.45, 2.75) is 16.7 Å². The molecule has 0 spiro atoms. The predicted molar refractivity (Wildman–Crippen MR) is 275 cm³/mol. The molecule has 2 heterocycles. The molecule has 65 heavy (non-hydrogen) atoms. The van der Waals surface area contributed by atoms with Gasteiger partial charge in [-0.1, -0.05) is 145 Å². The number of nitrogens with zero attached hydrogens (tertiary/aromatic N) is 2. The lowest BCUT2D eigenvalue weighted by Crippen LogP contribution is -2.10. The van der Waals surface area contributed by atoms with Gasteiger partial charge in [-0.15, -0.1) is 0 Å². The Morgan fingerprint density at radius 3 is 1.68 bits per heavy atom. The van der Waals surface area contributed by atoms with Gasteiger partial charge in [0.1, 0.15) is 11.2 Å². The highest BCUT2D eigenvalue weighted by atomic mass is 32.2. The third-order valence-electron chi connectivity index (χ3n) is 13.2. The minimum absolute atomic E-state index is 0.891. The number of anilines is 6. The van der Waals surface area contributed by atoms with Crippen LogP contribution in [0.25, 0.3) is 76.5 Å². The molecule has 0 amide bonds. The number of hydrogen-bond acceptors (Lipinski definition) is 4. The van der Waals surface area contributed by atoms with Gasteiger partial charge in [-0.05, 0) is 147 Å². The van der Waals surface area contributed by atoms with Crippen molar-refractivity contribution in [3.63, 3.8) is 0 Å². The molecular weight excluding hydrogens is 809 g/mol. The molecule has 0 N–H and O–H groups in total. The molecular formula is C61H40N2OS. The zero-order valence-electron chi connectivity index (χ0n) is 35.6. The number of benzene rings is 11. The largest absolute Gasteiger partial charge is 0.456 e. The second-order valence-corrected chi connectivity index (χ2v) is 17.9. The van der Waals surface area contributed by atoms with Crippen LogP contribution in [0.4, 0.5) is 34.1 Å². The van der Waals surface area contributed by atoms with Crippen molar-refractivity contribution in [3.8, 4) is 22.3 Å². The zero-order valence-corrected chi connectivity index (χ0v) is 36.4. The second-order valence-electron chi connectivity index (χ2n) is 16.9. The number of aryl methyl sites for hydroxylation is 1. The monoisotopic (exact) mass is 848 g/mol. The van der Waals surface area contributed by atoms with Crippen molar-refractivity contribution in [1.29, 1.82) is 0 Å². The van der Waals surface area contributed by atoms with Crippen molar-refractivity contribution < 1.29 is 4.42 Å². The van der Waals surface area contributed by atoms with Crippen molar-refractivity contribution in [3.05, 3.63) is 230 Å². The molecule has 0 radical (unpaired) electrons. The Hall–Kier alpha value is -8.05. The fourth-order valence-electron chi connectivity index (χ4n) is 10.3. The van der Waals surface area contributed by atoms with Gasteiger partial charge in [0.05, 0.1) is 5.69 Å². The average Bonchev–Trinajstić information content (AvgIpc) is 3.74. The van der Waals surface area contributed by atoms with E-state index >= 15 is 0 Å². The summed E-state index contributed by atoms with van der Waals surface area (Å²) in [6, 6.07) is 81.3. The summed E-state index contributed by atoms with van der Waals surface area (Å²) in [5.74, 6) is 0. The maximum Gasteiger partial charge on any atom is 0.135 e. The van der Waals surface area contributed by atoms with Gasteiger partial charge in [0.15, 0.2) is 0 Å². The molecule has 0 saturated carbocycles. The van der Waals surface area contributed by atoms with Crippen LogP contribution < -0.4 is 9.80 Å². The van der Waals surface area contributed by atoms with Gasteiger partial charge in [0.2, 0.25) is 0 Å². The molecule has 13 rings (SSSR count). The quantitative estimate of drug-likeness (QED) is 0.149.